The van der Waals surface area contributed by atoms with Crippen molar-refractivity contribution in [1.82, 2.24) is 0 Å². The average molecular weight is 100 g/mol. The van der Waals surface area contributed by atoms with Crippen LogP contribution in [0.25, 0.3) is 0 Å². The van der Waals surface area contributed by atoms with Gasteiger partial charge in [0.1, 0.15) is 0 Å². The number of allylic oxidation sites excluding steroid dienone is 1. The molecule has 0 spiro atoms. The first kappa shape index (κ1) is 6.17. The summed E-state index contributed by atoms with van der Waals surface area (Å²) in [4.78, 5) is 0. The van der Waals surface area contributed by atoms with Gasteiger partial charge in [-0.25, -0.2) is 0 Å². The smallest absolute Gasteiger partial charge is 0.0146 e. The van der Waals surface area contributed by atoms with E-state index in [0.29, 0.717) is 0 Å². The minimum Gasteiger partial charge on any atom is -0.0834 e. The van der Waals surface area contributed by atoms with Gasteiger partial charge in [-0.15, -0.1) is 0 Å². The van der Waals surface area contributed by atoms with Gasteiger partial charge in [0.2, 0.25) is 0 Å². The largest absolute Gasteiger partial charge is 0.0834 e. The van der Waals surface area contributed by atoms with Crippen LogP contribution in [-0.4, -0.2) is 0 Å². The van der Waals surface area contributed by atoms with E-state index in [1.807, 2.05) is 6.08 Å². The van der Waals surface area contributed by atoms with Crippen molar-refractivity contribution in [2.75, 3.05) is 0 Å². The Kier molecular flexibility index (Phi) is 5.32. The highest BCUT2D eigenvalue weighted by atomic mass is 31.0. The molecule has 2 radical (unpaired) electrons. The van der Waals surface area contributed by atoms with Crippen LogP contribution < -0.4 is 0 Å². The maximum Gasteiger partial charge on any atom is -0.0146 e. The average Bonchev–Trinajstić information content (AvgIpc) is 1.61. The summed E-state index contributed by atoms with van der Waals surface area (Å²) in [6.45, 7) is 2.15. The second-order valence-corrected chi connectivity index (χ2v) is 1.47. The van der Waals surface area contributed by atoms with Gasteiger partial charge < -0.3 is 0 Å². The van der Waals surface area contributed by atoms with Gasteiger partial charge in [-0.3, -0.25) is 0 Å². The lowest BCUT2D eigenvalue weighted by Gasteiger charge is -1.75. The van der Waals surface area contributed by atoms with Crippen LogP contribution in [0.5, 0.6) is 0 Å². The Labute approximate surface area is 41.8 Å². The Balaban J connectivity index is 2.66. The second-order valence-electron chi connectivity index (χ2n) is 1.17. The highest BCUT2D eigenvalue weighted by Gasteiger charge is 1.65. The first-order chi connectivity index (χ1) is 2.91. The van der Waals surface area contributed by atoms with Crippen LogP contribution in [-0.2, 0) is 0 Å². The molecule has 0 fully saturated rings. The molecule has 0 rings (SSSR count). The molecule has 0 aliphatic rings. The van der Waals surface area contributed by atoms with Crippen molar-refractivity contribution in [3.05, 3.63) is 11.9 Å². The van der Waals surface area contributed by atoms with E-state index in [1.165, 1.54) is 6.42 Å². The van der Waals surface area contributed by atoms with E-state index in [-0.39, 0.29) is 0 Å². The zero-order valence-corrected chi connectivity index (χ0v) is 4.91. The van der Waals surface area contributed by atoms with Crippen LogP contribution in [0.15, 0.2) is 11.9 Å². The standard InChI is InChI=1S/C5H9P/c1-2-3-4-5-6/h4-5H,2-3H2,1H3. The minimum absolute atomic E-state index is 1.16. The van der Waals surface area contributed by atoms with Crippen molar-refractivity contribution >= 4 is 9.24 Å². The molecule has 0 atom stereocenters. The SMILES string of the molecule is CCCC=C[P]. The molecule has 0 aromatic rings. The van der Waals surface area contributed by atoms with E-state index in [2.05, 4.69) is 16.2 Å². The molecular formula is C5H9P. The van der Waals surface area contributed by atoms with Gasteiger partial charge >= 0.3 is 0 Å². The Bertz CT molecular complexity index is 39.2. The molecule has 0 nitrogen and oxygen atoms in total. The van der Waals surface area contributed by atoms with Crippen molar-refractivity contribution in [3.63, 3.8) is 0 Å². The van der Waals surface area contributed by atoms with Crippen LogP contribution in [0.1, 0.15) is 19.8 Å². The third-order valence-electron chi connectivity index (χ3n) is 0.561. The minimum atomic E-state index is 1.16. The molecule has 0 heterocycles. The summed E-state index contributed by atoms with van der Waals surface area (Å²) in [6, 6.07) is 0. The van der Waals surface area contributed by atoms with E-state index in [0.717, 1.165) is 6.42 Å². The molecule has 0 saturated heterocycles. The van der Waals surface area contributed by atoms with Gasteiger partial charge in [-0.1, -0.05) is 25.2 Å². The fourth-order valence-corrected chi connectivity index (χ4v) is 0.390. The molecular weight excluding hydrogens is 91.0 g/mol. The van der Waals surface area contributed by atoms with Gasteiger partial charge in [-0.05, 0) is 15.7 Å². The molecule has 0 bridgehead atoms. The van der Waals surface area contributed by atoms with Crippen LogP contribution in [0, 0.1) is 0 Å². The molecule has 0 saturated carbocycles. The summed E-state index contributed by atoms with van der Waals surface area (Å²) in [5.41, 5.74) is 0. The Hall–Kier alpha value is 0.170. The van der Waals surface area contributed by atoms with Gasteiger partial charge in [0.15, 0.2) is 0 Å². The van der Waals surface area contributed by atoms with E-state index in [1.54, 1.807) is 5.82 Å². The molecule has 0 aromatic carbocycles. The molecule has 0 aliphatic carbocycles. The second kappa shape index (κ2) is 5.17. The van der Waals surface area contributed by atoms with E-state index in [4.69, 9.17) is 0 Å². The summed E-state index contributed by atoms with van der Waals surface area (Å²) in [5, 5.41) is 0. The monoisotopic (exact) mass is 100 g/mol. The predicted molar refractivity (Wildman–Crippen MR) is 31.0 cm³/mol. The predicted octanol–water partition coefficient (Wildman–Crippen LogP) is 2.71. The zero-order chi connectivity index (χ0) is 4.83. The summed E-state index contributed by atoms with van der Waals surface area (Å²) in [7, 11) is 3.87. The van der Waals surface area contributed by atoms with Gasteiger partial charge in [-0.2, -0.15) is 0 Å². The molecule has 1 heteroatoms. The molecule has 0 amide bonds. The van der Waals surface area contributed by atoms with Gasteiger partial charge in [0, 0.05) is 0 Å². The highest BCUT2D eigenvalue weighted by molar-refractivity contribution is 7.20. The van der Waals surface area contributed by atoms with E-state index < -0.39 is 0 Å². The van der Waals surface area contributed by atoms with Crippen molar-refractivity contribution in [2.45, 2.75) is 19.8 Å². The maximum atomic E-state index is 3.87. The first-order valence-electron chi connectivity index (χ1n) is 2.21. The quantitative estimate of drug-likeness (QED) is 0.468. The van der Waals surface area contributed by atoms with Crippen molar-refractivity contribution in [2.24, 2.45) is 0 Å². The van der Waals surface area contributed by atoms with Gasteiger partial charge in [0.05, 0.1) is 0 Å². The molecule has 6 heavy (non-hydrogen) atoms. The maximum absolute atomic E-state index is 3.87. The summed E-state index contributed by atoms with van der Waals surface area (Å²) >= 11 is 0. The first-order valence-corrected chi connectivity index (χ1v) is 2.72. The Morgan fingerprint density at radius 2 is 2.33 bits per heavy atom. The van der Waals surface area contributed by atoms with Crippen molar-refractivity contribution in [1.29, 1.82) is 0 Å². The Morgan fingerprint density at radius 3 is 2.50 bits per heavy atom. The van der Waals surface area contributed by atoms with Gasteiger partial charge in [0.25, 0.3) is 0 Å². The normalized spacial score (nSPS) is 10.3. The molecule has 0 unspecified atom stereocenters. The number of unbranched alkanes of at least 4 members (excludes halogenated alkanes) is 1. The third-order valence-corrected chi connectivity index (χ3v) is 0.772. The van der Waals surface area contributed by atoms with Crippen molar-refractivity contribution < 1.29 is 0 Å². The van der Waals surface area contributed by atoms with Crippen LogP contribution in [0.3, 0.4) is 0 Å². The fourth-order valence-electron chi connectivity index (χ4n) is 0.241. The number of rotatable bonds is 2. The van der Waals surface area contributed by atoms with Crippen LogP contribution in [0.2, 0.25) is 0 Å². The number of hydrogen-bond acceptors (Lipinski definition) is 0. The summed E-state index contributed by atoms with van der Waals surface area (Å²) < 4.78 is 0. The zero-order valence-electron chi connectivity index (χ0n) is 4.02. The van der Waals surface area contributed by atoms with Crippen LogP contribution >= 0.6 is 9.24 Å². The lowest BCUT2D eigenvalue weighted by atomic mass is 10.3. The highest BCUT2D eigenvalue weighted by Crippen LogP contribution is 1.90. The van der Waals surface area contributed by atoms with Crippen molar-refractivity contribution in [3.8, 4) is 0 Å². The Morgan fingerprint density at radius 1 is 1.67 bits per heavy atom. The lowest BCUT2D eigenvalue weighted by Crippen LogP contribution is -1.54. The summed E-state index contributed by atoms with van der Waals surface area (Å²) in [6.07, 6.45) is 4.42. The topological polar surface area (TPSA) is 0 Å². The molecule has 34 valence electrons. The van der Waals surface area contributed by atoms with E-state index >= 15 is 0 Å². The fraction of sp³-hybridized carbons (Fsp3) is 0.600. The van der Waals surface area contributed by atoms with Crippen LogP contribution in [0.4, 0.5) is 0 Å². The summed E-state index contributed by atoms with van der Waals surface area (Å²) in [5.74, 6) is 1.78. The lowest BCUT2D eigenvalue weighted by molar-refractivity contribution is 0.960. The van der Waals surface area contributed by atoms with E-state index in [9.17, 15) is 0 Å². The molecule has 0 aromatic heterocycles. The third kappa shape index (κ3) is 4.17. The number of hydrogen-bond donors (Lipinski definition) is 0. The molecule has 0 aliphatic heterocycles. The molecule has 0 N–H and O–H groups in total.